The van der Waals surface area contributed by atoms with Crippen LogP contribution in [0.1, 0.15) is 24.0 Å². The lowest BCUT2D eigenvalue weighted by Crippen LogP contribution is -2.45. The fraction of sp³-hybridized carbons (Fsp3) is 0.533. The molecule has 0 radical (unpaired) electrons. The van der Waals surface area contributed by atoms with E-state index in [1.807, 2.05) is 0 Å². The Bertz CT molecular complexity index is 479. The fourth-order valence-electron chi connectivity index (χ4n) is 2.50. The Morgan fingerprint density at radius 1 is 1.55 bits per heavy atom. The van der Waals surface area contributed by atoms with Gasteiger partial charge in [0.05, 0.1) is 0 Å². The van der Waals surface area contributed by atoms with E-state index in [9.17, 15) is 9.18 Å². The Hall–Kier alpha value is -1.62. The van der Waals surface area contributed by atoms with Gasteiger partial charge in [-0.05, 0) is 42.9 Å². The van der Waals surface area contributed by atoms with E-state index in [0.29, 0.717) is 18.7 Å². The molecule has 4 nitrogen and oxygen atoms in total. The number of carbonyl (C=O) groups is 1. The van der Waals surface area contributed by atoms with Crippen molar-refractivity contribution in [3.05, 3.63) is 35.1 Å². The molecule has 1 unspecified atom stereocenters. The highest BCUT2D eigenvalue weighted by atomic mass is 19.1. The van der Waals surface area contributed by atoms with Crippen LogP contribution in [0, 0.1) is 18.7 Å². The molecule has 2 N–H and O–H groups in total. The zero-order chi connectivity index (χ0) is 14.5. The molecule has 0 aromatic heterocycles. The highest BCUT2D eigenvalue weighted by Gasteiger charge is 2.22. The average molecular weight is 280 g/mol. The smallest absolute Gasteiger partial charge is 0.317 e. The third kappa shape index (κ3) is 3.70. The van der Waals surface area contributed by atoms with E-state index in [0.717, 1.165) is 24.9 Å². The standard InChI is InChI=1S/C15H21FN2O2/c1-11-7-12(4-5-14(11)16)8-17-15(20)18-6-2-3-13(9-18)10-19/h4-5,7,13,19H,2-3,6,8-10H2,1H3,(H,17,20). The van der Waals surface area contributed by atoms with E-state index in [2.05, 4.69) is 5.32 Å². The summed E-state index contributed by atoms with van der Waals surface area (Å²) in [5.41, 5.74) is 1.46. The van der Waals surface area contributed by atoms with Gasteiger partial charge in [0.1, 0.15) is 5.82 Å². The summed E-state index contributed by atoms with van der Waals surface area (Å²) in [6, 6.07) is 4.71. The number of rotatable bonds is 3. The van der Waals surface area contributed by atoms with Crippen LogP contribution in [0.15, 0.2) is 18.2 Å². The maximum Gasteiger partial charge on any atom is 0.317 e. The Morgan fingerprint density at radius 2 is 2.35 bits per heavy atom. The largest absolute Gasteiger partial charge is 0.396 e. The number of hydrogen-bond acceptors (Lipinski definition) is 2. The van der Waals surface area contributed by atoms with E-state index < -0.39 is 0 Å². The molecule has 1 aliphatic rings. The van der Waals surface area contributed by atoms with E-state index in [1.54, 1.807) is 24.0 Å². The maximum absolute atomic E-state index is 13.2. The van der Waals surface area contributed by atoms with Crippen molar-refractivity contribution in [1.82, 2.24) is 10.2 Å². The number of halogens is 1. The molecule has 1 fully saturated rings. The third-order valence-electron chi connectivity index (χ3n) is 3.73. The number of aliphatic hydroxyl groups is 1. The number of benzene rings is 1. The van der Waals surface area contributed by atoms with Crippen LogP contribution in [-0.2, 0) is 6.54 Å². The van der Waals surface area contributed by atoms with Crippen molar-refractivity contribution in [2.24, 2.45) is 5.92 Å². The van der Waals surface area contributed by atoms with Crippen molar-refractivity contribution < 1.29 is 14.3 Å². The number of nitrogens with one attached hydrogen (secondary N) is 1. The molecule has 1 atom stereocenters. The Morgan fingerprint density at radius 3 is 3.05 bits per heavy atom. The summed E-state index contributed by atoms with van der Waals surface area (Å²) in [6.45, 7) is 3.55. The second-order valence-corrected chi connectivity index (χ2v) is 5.38. The highest BCUT2D eigenvalue weighted by Crippen LogP contribution is 2.16. The van der Waals surface area contributed by atoms with Gasteiger partial charge in [0.15, 0.2) is 0 Å². The summed E-state index contributed by atoms with van der Waals surface area (Å²) >= 11 is 0. The molecule has 0 saturated carbocycles. The van der Waals surface area contributed by atoms with Gasteiger partial charge in [-0.3, -0.25) is 0 Å². The van der Waals surface area contributed by atoms with Gasteiger partial charge in [-0.25, -0.2) is 9.18 Å². The van der Waals surface area contributed by atoms with Crippen LogP contribution >= 0.6 is 0 Å². The normalized spacial score (nSPS) is 18.9. The van der Waals surface area contributed by atoms with Crippen molar-refractivity contribution in [2.75, 3.05) is 19.7 Å². The summed E-state index contributed by atoms with van der Waals surface area (Å²) in [4.78, 5) is 13.8. The van der Waals surface area contributed by atoms with Gasteiger partial charge in [-0.1, -0.05) is 12.1 Å². The van der Waals surface area contributed by atoms with Gasteiger partial charge in [0, 0.05) is 26.2 Å². The molecule has 0 bridgehead atoms. The molecular formula is C15H21FN2O2. The predicted molar refractivity (Wildman–Crippen MR) is 74.8 cm³/mol. The van der Waals surface area contributed by atoms with Crippen molar-refractivity contribution in [3.8, 4) is 0 Å². The first-order chi connectivity index (χ1) is 9.60. The number of aryl methyl sites for hydroxylation is 1. The summed E-state index contributed by atoms with van der Waals surface area (Å²) < 4.78 is 13.2. The Kier molecular flexibility index (Phi) is 4.95. The molecule has 20 heavy (non-hydrogen) atoms. The van der Waals surface area contributed by atoms with Gasteiger partial charge in [-0.15, -0.1) is 0 Å². The zero-order valence-corrected chi connectivity index (χ0v) is 11.7. The molecule has 1 aliphatic heterocycles. The number of urea groups is 1. The predicted octanol–water partition coefficient (Wildman–Crippen LogP) is 2.05. The topological polar surface area (TPSA) is 52.6 Å². The van der Waals surface area contributed by atoms with Gasteiger partial charge in [0.2, 0.25) is 0 Å². The van der Waals surface area contributed by atoms with E-state index >= 15 is 0 Å². The molecule has 2 rings (SSSR count). The highest BCUT2D eigenvalue weighted by molar-refractivity contribution is 5.74. The Balaban J connectivity index is 1.86. The first-order valence-electron chi connectivity index (χ1n) is 6.99. The number of nitrogens with zero attached hydrogens (tertiary/aromatic N) is 1. The van der Waals surface area contributed by atoms with Crippen LogP contribution in [0.3, 0.4) is 0 Å². The minimum atomic E-state index is -0.234. The SMILES string of the molecule is Cc1cc(CNC(=O)N2CCCC(CO)C2)ccc1F. The summed E-state index contributed by atoms with van der Waals surface area (Å²) in [5.74, 6) is -0.0514. The minimum absolute atomic E-state index is 0.120. The van der Waals surface area contributed by atoms with Crippen molar-refractivity contribution >= 4 is 6.03 Å². The van der Waals surface area contributed by atoms with Gasteiger partial charge >= 0.3 is 6.03 Å². The van der Waals surface area contributed by atoms with E-state index in [1.165, 1.54) is 6.07 Å². The van der Waals surface area contributed by atoms with Crippen LogP contribution in [0.5, 0.6) is 0 Å². The molecule has 5 heteroatoms. The number of aliphatic hydroxyl groups excluding tert-OH is 1. The zero-order valence-electron chi connectivity index (χ0n) is 11.7. The van der Waals surface area contributed by atoms with Crippen molar-refractivity contribution in [2.45, 2.75) is 26.3 Å². The summed E-state index contributed by atoms with van der Waals surface area (Å²) in [6.07, 6.45) is 1.89. The minimum Gasteiger partial charge on any atom is -0.396 e. The molecule has 1 heterocycles. The first-order valence-corrected chi connectivity index (χ1v) is 6.99. The molecule has 1 aromatic carbocycles. The molecule has 110 valence electrons. The van der Waals surface area contributed by atoms with Gasteiger partial charge in [-0.2, -0.15) is 0 Å². The number of carbonyl (C=O) groups excluding carboxylic acids is 1. The summed E-state index contributed by atoms with van der Waals surface area (Å²) in [5, 5.41) is 12.0. The molecule has 1 saturated heterocycles. The molecular weight excluding hydrogens is 259 g/mol. The lowest BCUT2D eigenvalue weighted by molar-refractivity contribution is 0.129. The van der Waals surface area contributed by atoms with Crippen molar-refractivity contribution in [1.29, 1.82) is 0 Å². The van der Waals surface area contributed by atoms with Crippen LogP contribution in [0.2, 0.25) is 0 Å². The van der Waals surface area contributed by atoms with Gasteiger partial charge in [0.25, 0.3) is 0 Å². The number of likely N-dealkylation sites (tertiary alicyclic amines) is 1. The van der Waals surface area contributed by atoms with Crippen LogP contribution < -0.4 is 5.32 Å². The van der Waals surface area contributed by atoms with E-state index in [4.69, 9.17) is 5.11 Å². The molecule has 0 aliphatic carbocycles. The number of piperidine rings is 1. The Labute approximate surface area is 118 Å². The average Bonchev–Trinajstić information content (AvgIpc) is 2.48. The molecule has 0 spiro atoms. The maximum atomic E-state index is 13.2. The van der Waals surface area contributed by atoms with E-state index in [-0.39, 0.29) is 24.4 Å². The number of hydrogen-bond donors (Lipinski definition) is 2. The van der Waals surface area contributed by atoms with Crippen molar-refractivity contribution in [3.63, 3.8) is 0 Å². The fourth-order valence-corrected chi connectivity index (χ4v) is 2.50. The quantitative estimate of drug-likeness (QED) is 0.890. The van der Waals surface area contributed by atoms with Crippen LogP contribution in [0.4, 0.5) is 9.18 Å². The second-order valence-electron chi connectivity index (χ2n) is 5.38. The number of amides is 2. The lowest BCUT2D eigenvalue weighted by atomic mass is 9.99. The molecule has 1 aromatic rings. The van der Waals surface area contributed by atoms with Crippen LogP contribution in [-0.4, -0.2) is 35.7 Å². The lowest BCUT2D eigenvalue weighted by Gasteiger charge is -2.31. The monoisotopic (exact) mass is 280 g/mol. The third-order valence-corrected chi connectivity index (χ3v) is 3.73. The molecule has 2 amide bonds. The van der Waals surface area contributed by atoms with Gasteiger partial charge < -0.3 is 15.3 Å². The second kappa shape index (κ2) is 6.70. The summed E-state index contributed by atoms with van der Waals surface area (Å²) in [7, 11) is 0. The van der Waals surface area contributed by atoms with Crippen LogP contribution in [0.25, 0.3) is 0 Å². The first kappa shape index (κ1) is 14.8.